The Morgan fingerprint density at radius 1 is 1.45 bits per heavy atom. The lowest BCUT2D eigenvalue weighted by atomic mass is 9.93. The number of benzene rings is 1. The zero-order chi connectivity index (χ0) is 14.4. The molecule has 1 saturated heterocycles. The van der Waals surface area contributed by atoms with Gasteiger partial charge in [-0.05, 0) is 37.8 Å². The molecule has 1 amide bonds. The minimum absolute atomic E-state index is 0.0556. The van der Waals surface area contributed by atoms with Gasteiger partial charge in [0.25, 0.3) is 0 Å². The largest absolute Gasteiger partial charge is 0.393 e. The maximum absolute atomic E-state index is 11.9. The topological polar surface area (TPSA) is 52.6 Å². The Balaban J connectivity index is 1.74. The Hall–Kier alpha value is -1.39. The first-order valence-electron chi connectivity index (χ1n) is 7.36. The molecule has 0 spiro atoms. The fraction of sp³-hybridized carbons (Fsp3) is 0.562. The second-order valence-electron chi connectivity index (χ2n) is 5.64. The second-order valence-corrected chi connectivity index (χ2v) is 5.64. The number of hydrogen-bond acceptors (Lipinski definition) is 3. The van der Waals surface area contributed by atoms with E-state index in [0.29, 0.717) is 19.0 Å². The Labute approximate surface area is 120 Å². The maximum Gasteiger partial charge on any atom is 0.234 e. The van der Waals surface area contributed by atoms with Gasteiger partial charge in [-0.1, -0.05) is 30.3 Å². The van der Waals surface area contributed by atoms with Crippen LogP contribution in [-0.4, -0.2) is 41.7 Å². The van der Waals surface area contributed by atoms with E-state index in [1.165, 1.54) is 0 Å². The van der Waals surface area contributed by atoms with Crippen molar-refractivity contribution in [1.29, 1.82) is 0 Å². The second kappa shape index (κ2) is 7.41. The molecule has 0 bridgehead atoms. The Bertz CT molecular complexity index is 420. The monoisotopic (exact) mass is 276 g/mol. The molecule has 1 fully saturated rings. The van der Waals surface area contributed by atoms with Crippen LogP contribution in [-0.2, 0) is 11.3 Å². The number of likely N-dealkylation sites (tertiary alicyclic amines) is 1. The van der Waals surface area contributed by atoms with Crippen LogP contribution in [0.4, 0.5) is 0 Å². The molecule has 2 N–H and O–H groups in total. The summed E-state index contributed by atoms with van der Waals surface area (Å²) in [4.78, 5) is 14.1. The number of aliphatic hydroxyl groups is 1. The van der Waals surface area contributed by atoms with Crippen molar-refractivity contribution < 1.29 is 9.90 Å². The molecular formula is C16H24N2O2. The van der Waals surface area contributed by atoms with Gasteiger partial charge in [0.15, 0.2) is 0 Å². The number of rotatable bonds is 5. The van der Waals surface area contributed by atoms with Gasteiger partial charge in [-0.3, -0.25) is 9.69 Å². The smallest absolute Gasteiger partial charge is 0.234 e. The number of piperidine rings is 1. The first-order valence-corrected chi connectivity index (χ1v) is 7.36. The molecule has 20 heavy (non-hydrogen) atoms. The molecule has 4 nitrogen and oxygen atoms in total. The van der Waals surface area contributed by atoms with Gasteiger partial charge in [0, 0.05) is 13.1 Å². The van der Waals surface area contributed by atoms with Gasteiger partial charge in [-0.25, -0.2) is 0 Å². The summed E-state index contributed by atoms with van der Waals surface area (Å²) in [6.45, 7) is 4.60. The Morgan fingerprint density at radius 3 is 2.90 bits per heavy atom. The normalized spacial score (nSPS) is 21.4. The molecule has 0 aliphatic carbocycles. The lowest BCUT2D eigenvalue weighted by molar-refractivity contribution is -0.123. The number of carbonyl (C=O) groups excluding carboxylic acids is 1. The van der Waals surface area contributed by atoms with Crippen molar-refractivity contribution in [2.24, 2.45) is 5.92 Å². The van der Waals surface area contributed by atoms with E-state index in [1.54, 1.807) is 0 Å². The average molecular weight is 276 g/mol. The van der Waals surface area contributed by atoms with Crippen molar-refractivity contribution in [1.82, 2.24) is 10.2 Å². The molecule has 0 aromatic heterocycles. The number of nitrogens with one attached hydrogen (secondary N) is 1. The maximum atomic E-state index is 11.9. The molecule has 1 heterocycles. The lowest BCUT2D eigenvalue weighted by Crippen LogP contribution is -2.44. The van der Waals surface area contributed by atoms with Gasteiger partial charge in [-0.15, -0.1) is 0 Å². The number of amides is 1. The third kappa shape index (κ3) is 4.62. The molecule has 2 atom stereocenters. The zero-order valence-electron chi connectivity index (χ0n) is 12.1. The summed E-state index contributed by atoms with van der Waals surface area (Å²) in [6.07, 6.45) is 1.83. The predicted octanol–water partition coefficient (Wildman–Crippen LogP) is 1.40. The molecule has 1 aromatic rings. The average Bonchev–Trinajstić information content (AvgIpc) is 2.46. The third-order valence-electron chi connectivity index (χ3n) is 3.92. The van der Waals surface area contributed by atoms with E-state index in [2.05, 4.69) is 10.2 Å². The predicted molar refractivity (Wildman–Crippen MR) is 79.1 cm³/mol. The van der Waals surface area contributed by atoms with Gasteiger partial charge in [0.2, 0.25) is 5.91 Å². The summed E-state index contributed by atoms with van der Waals surface area (Å²) in [5, 5.41) is 12.6. The SMILES string of the molecule is CC(O)C1CCCN(CC(=O)NCc2ccccc2)C1. The molecule has 110 valence electrons. The molecule has 2 rings (SSSR count). The minimum atomic E-state index is -0.287. The van der Waals surface area contributed by atoms with Crippen molar-refractivity contribution >= 4 is 5.91 Å². The highest BCUT2D eigenvalue weighted by Crippen LogP contribution is 2.19. The van der Waals surface area contributed by atoms with Crippen LogP contribution in [0.15, 0.2) is 30.3 Å². The van der Waals surface area contributed by atoms with Crippen LogP contribution in [0.3, 0.4) is 0 Å². The van der Waals surface area contributed by atoms with Gasteiger partial charge >= 0.3 is 0 Å². The molecule has 0 radical (unpaired) electrons. The summed E-state index contributed by atoms with van der Waals surface area (Å²) in [5.41, 5.74) is 1.11. The highest BCUT2D eigenvalue weighted by Gasteiger charge is 2.24. The van der Waals surface area contributed by atoms with Gasteiger partial charge < -0.3 is 10.4 Å². The summed E-state index contributed by atoms with van der Waals surface area (Å²) in [7, 11) is 0. The first-order chi connectivity index (χ1) is 9.65. The van der Waals surface area contributed by atoms with Crippen molar-refractivity contribution in [2.45, 2.75) is 32.4 Å². The number of aliphatic hydroxyl groups excluding tert-OH is 1. The van der Waals surface area contributed by atoms with Gasteiger partial charge in [-0.2, -0.15) is 0 Å². The van der Waals surface area contributed by atoms with Crippen LogP contribution in [0.2, 0.25) is 0 Å². The fourth-order valence-corrected chi connectivity index (χ4v) is 2.68. The Morgan fingerprint density at radius 2 is 2.20 bits per heavy atom. The van der Waals surface area contributed by atoms with E-state index in [0.717, 1.165) is 31.5 Å². The molecule has 2 unspecified atom stereocenters. The molecule has 1 aliphatic heterocycles. The summed E-state index contributed by atoms with van der Waals surface area (Å²) in [5.74, 6) is 0.353. The molecule has 0 saturated carbocycles. The standard InChI is InChI=1S/C16H24N2O2/c1-13(19)15-8-5-9-18(11-15)12-16(20)17-10-14-6-3-2-4-7-14/h2-4,6-7,13,15,19H,5,8-12H2,1H3,(H,17,20). The van der Waals surface area contributed by atoms with Gasteiger partial charge in [0.1, 0.15) is 0 Å². The van der Waals surface area contributed by atoms with E-state index < -0.39 is 0 Å². The molecular weight excluding hydrogens is 252 g/mol. The highest BCUT2D eigenvalue weighted by atomic mass is 16.3. The van der Waals surface area contributed by atoms with Crippen molar-refractivity contribution in [2.75, 3.05) is 19.6 Å². The molecule has 1 aliphatic rings. The van der Waals surface area contributed by atoms with E-state index in [4.69, 9.17) is 0 Å². The quantitative estimate of drug-likeness (QED) is 0.854. The number of carbonyl (C=O) groups is 1. The molecule has 1 aromatic carbocycles. The van der Waals surface area contributed by atoms with E-state index in [9.17, 15) is 9.90 Å². The minimum Gasteiger partial charge on any atom is -0.393 e. The lowest BCUT2D eigenvalue weighted by Gasteiger charge is -2.33. The molecule has 4 heteroatoms. The number of hydrogen-bond donors (Lipinski definition) is 2. The van der Waals surface area contributed by atoms with Crippen molar-refractivity contribution in [3.05, 3.63) is 35.9 Å². The van der Waals surface area contributed by atoms with E-state index in [-0.39, 0.29) is 12.0 Å². The summed E-state index contributed by atoms with van der Waals surface area (Å²) < 4.78 is 0. The van der Waals surface area contributed by atoms with Crippen LogP contribution in [0.1, 0.15) is 25.3 Å². The van der Waals surface area contributed by atoms with Crippen molar-refractivity contribution in [3.8, 4) is 0 Å². The van der Waals surface area contributed by atoms with E-state index in [1.807, 2.05) is 37.3 Å². The first kappa shape index (κ1) is 15.0. The van der Waals surface area contributed by atoms with Crippen LogP contribution < -0.4 is 5.32 Å². The van der Waals surface area contributed by atoms with Crippen LogP contribution in [0.5, 0.6) is 0 Å². The third-order valence-corrected chi connectivity index (χ3v) is 3.92. The van der Waals surface area contributed by atoms with Gasteiger partial charge in [0.05, 0.1) is 12.6 Å². The van der Waals surface area contributed by atoms with Crippen LogP contribution in [0.25, 0.3) is 0 Å². The highest BCUT2D eigenvalue weighted by molar-refractivity contribution is 5.78. The summed E-state index contributed by atoms with van der Waals surface area (Å²) >= 11 is 0. The van der Waals surface area contributed by atoms with Crippen LogP contribution >= 0.6 is 0 Å². The van der Waals surface area contributed by atoms with Crippen LogP contribution in [0, 0.1) is 5.92 Å². The fourth-order valence-electron chi connectivity index (χ4n) is 2.68. The summed E-state index contributed by atoms with van der Waals surface area (Å²) in [6, 6.07) is 9.92. The zero-order valence-corrected chi connectivity index (χ0v) is 12.1. The number of nitrogens with zero attached hydrogens (tertiary/aromatic N) is 1. The van der Waals surface area contributed by atoms with E-state index >= 15 is 0 Å². The van der Waals surface area contributed by atoms with Crippen molar-refractivity contribution in [3.63, 3.8) is 0 Å². The Kier molecular flexibility index (Phi) is 5.56.